The summed E-state index contributed by atoms with van der Waals surface area (Å²) >= 11 is 0. The molecule has 3 N–H and O–H groups in total. The normalized spacial score (nSPS) is 13.7. The van der Waals surface area contributed by atoms with E-state index in [2.05, 4.69) is 42.0 Å². The van der Waals surface area contributed by atoms with Crippen molar-refractivity contribution in [3.63, 3.8) is 0 Å². The Bertz CT molecular complexity index is 1040. The van der Waals surface area contributed by atoms with Gasteiger partial charge >= 0.3 is 0 Å². The van der Waals surface area contributed by atoms with Crippen LogP contribution in [0.3, 0.4) is 0 Å². The highest BCUT2D eigenvalue weighted by Gasteiger charge is 2.17. The van der Waals surface area contributed by atoms with Gasteiger partial charge in [0.2, 0.25) is 5.82 Å². The van der Waals surface area contributed by atoms with Crippen LogP contribution in [0.4, 0.5) is 5.69 Å². The summed E-state index contributed by atoms with van der Waals surface area (Å²) < 4.78 is 0. The highest BCUT2D eigenvalue weighted by atomic mass is 16.2. The van der Waals surface area contributed by atoms with Crippen LogP contribution in [-0.2, 0) is 0 Å². The van der Waals surface area contributed by atoms with Crippen LogP contribution in [0, 0.1) is 11.3 Å². The fourth-order valence-electron chi connectivity index (χ4n) is 3.10. The van der Waals surface area contributed by atoms with Crippen molar-refractivity contribution in [2.24, 2.45) is 0 Å². The van der Waals surface area contributed by atoms with Crippen molar-refractivity contribution in [3.8, 4) is 17.5 Å². The van der Waals surface area contributed by atoms with Crippen molar-refractivity contribution in [2.75, 3.05) is 5.32 Å². The Morgan fingerprint density at radius 3 is 2.93 bits per heavy atom. The molecule has 0 bridgehead atoms. The van der Waals surface area contributed by atoms with Gasteiger partial charge in [0.25, 0.3) is 5.91 Å². The van der Waals surface area contributed by atoms with E-state index in [0.717, 1.165) is 30.4 Å². The maximum absolute atomic E-state index is 12.5. The third-order valence-corrected chi connectivity index (χ3v) is 4.42. The number of rotatable bonds is 4. The van der Waals surface area contributed by atoms with E-state index in [0.29, 0.717) is 11.5 Å². The van der Waals surface area contributed by atoms with E-state index < -0.39 is 5.91 Å². The van der Waals surface area contributed by atoms with Gasteiger partial charge in [0.05, 0.1) is 6.20 Å². The average Bonchev–Trinajstić information content (AvgIpc) is 3.41. The van der Waals surface area contributed by atoms with E-state index in [1.165, 1.54) is 18.2 Å². The number of hydrogen-bond acceptors (Lipinski definition) is 6. The van der Waals surface area contributed by atoms with Crippen LogP contribution in [0.2, 0.25) is 0 Å². The largest absolute Gasteiger partial charge is 0.326 e. The number of imidazole rings is 1. The van der Waals surface area contributed by atoms with E-state index >= 15 is 0 Å². The lowest BCUT2D eigenvalue weighted by Gasteiger charge is -2.17. The van der Waals surface area contributed by atoms with E-state index in [1.54, 1.807) is 0 Å². The van der Waals surface area contributed by atoms with Crippen molar-refractivity contribution in [1.29, 1.82) is 5.26 Å². The quantitative estimate of drug-likeness (QED) is 0.654. The van der Waals surface area contributed by atoms with Gasteiger partial charge in [0, 0.05) is 16.8 Å². The number of aromatic nitrogens is 6. The van der Waals surface area contributed by atoms with Crippen LogP contribution >= 0.6 is 0 Å². The van der Waals surface area contributed by atoms with Gasteiger partial charge in [-0.15, -0.1) is 10.2 Å². The molecule has 0 aliphatic heterocycles. The number of aromatic amines is 2. The van der Waals surface area contributed by atoms with Gasteiger partial charge in [-0.3, -0.25) is 4.79 Å². The van der Waals surface area contributed by atoms with Crippen LogP contribution < -0.4 is 5.32 Å². The summed E-state index contributed by atoms with van der Waals surface area (Å²) in [5.74, 6) is 0.189. The fourth-order valence-corrected chi connectivity index (χ4v) is 3.10. The number of carbonyl (C=O) groups excluding carboxylic acids is 1. The predicted octanol–water partition coefficient (Wildman–Crippen LogP) is 2.67. The molecule has 1 amide bonds. The lowest BCUT2D eigenvalue weighted by molar-refractivity contribution is 0.101. The second-order valence-electron chi connectivity index (χ2n) is 6.18. The molecule has 1 aliphatic carbocycles. The number of nitriles is 1. The Balaban J connectivity index is 1.69. The predicted molar refractivity (Wildman–Crippen MR) is 97.3 cm³/mol. The minimum absolute atomic E-state index is 0.0948. The van der Waals surface area contributed by atoms with Crippen LogP contribution in [0.15, 0.2) is 30.5 Å². The minimum Gasteiger partial charge on any atom is -0.326 e. The highest BCUT2D eigenvalue weighted by Crippen LogP contribution is 2.34. The highest BCUT2D eigenvalue weighted by molar-refractivity contribution is 6.03. The summed E-state index contributed by atoms with van der Waals surface area (Å²) in [7, 11) is 0. The number of benzene rings is 1. The summed E-state index contributed by atoms with van der Waals surface area (Å²) in [6.45, 7) is 0. The second-order valence-corrected chi connectivity index (χ2v) is 6.18. The number of nitrogens with one attached hydrogen (secondary N) is 3. The number of anilines is 1. The second kappa shape index (κ2) is 7.21. The Morgan fingerprint density at radius 1 is 1.30 bits per heavy atom. The first kappa shape index (κ1) is 16.7. The molecule has 0 radical (unpaired) electrons. The molecule has 0 saturated heterocycles. The van der Waals surface area contributed by atoms with Crippen molar-refractivity contribution in [1.82, 2.24) is 30.6 Å². The first-order chi connectivity index (χ1) is 13.2. The first-order valence-electron chi connectivity index (χ1n) is 8.58. The molecule has 0 spiro atoms. The molecule has 0 fully saturated rings. The van der Waals surface area contributed by atoms with Gasteiger partial charge in [0.15, 0.2) is 5.82 Å². The molecule has 0 saturated carbocycles. The molecular weight excluding hydrogens is 344 g/mol. The van der Waals surface area contributed by atoms with Gasteiger partial charge in [-0.25, -0.2) is 4.98 Å². The van der Waals surface area contributed by atoms with E-state index in [4.69, 9.17) is 5.26 Å². The van der Waals surface area contributed by atoms with E-state index in [9.17, 15) is 4.79 Å². The van der Waals surface area contributed by atoms with Gasteiger partial charge < -0.3 is 10.3 Å². The maximum Gasteiger partial charge on any atom is 0.291 e. The molecule has 0 atom stereocenters. The third kappa shape index (κ3) is 3.46. The monoisotopic (exact) mass is 360 g/mol. The van der Waals surface area contributed by atoms with E-state index in [-0.39, 0.29) is 11.5 Å². The molecule has 27 heavy (non-hydrogen) atoms. The molecule has 134 valence electrons. The third-order valence-electron chi connectivity index (χ3n) is 4.42. The lowest BCUT2D eigenvalue weighted by atomic mass is 9.91. The summed E-state index contributed by atoms with van der Waals surface area (Å²) in [5, 5.41) is 25.9. The van der Waals surface area contributed by atoms with Crippen molar-refractivity contribution in [2.45, 2.75) is 25.7 Å². The first-order valence-corrected chi connectivity index (χ1v) is 8.58. The van der Waals surface area contributed by atoms with Gasteiger partial charge in [0.1, 0.15) is 11.8 Å². The Labute approximate surface area is 154 Å². The summed E-state index contributed by atoms with van der Waals surface area (Å²) in [5.41, 5.74) is 3.84. The standard InChI is InChI=1S/C18H16N8O/c19-9-13-10-20-17(21-13)18(27)22-15-7-6-12(16-23-25-26-24-16)8-14(15)11-4-2-1-3-5-11/h4,6-8,10H,1-3,5H2,(H,20,21)(H,22,27)(H,23,24,25,26). The lowest BCUT2D eigenvalue weighted by Crippen LogP contribution is -2.15. The molecule has 1 aromatic carbocycles. The van der Waals surface area contributed by atoms with Gasteiger partial charge in [-0.05, 0) is 54.7 Å². The van der Waals surface area contributed by atoms with Gasteiger partial charge in [-0.2, -0.15) is 10.5 Å². The van der Waals surface area contributed by atoms with Crippen LogP contribution in [-0.4, -0.2) is 36.5 Å². The number of carbonyl (C=O) groups is 1. The molecule has 9 heteroatoms. The Morgan fingerprint density at radius 2 is 2.22 bits per heavy atom. The Hall–Kier alpha value is -3.80. The molecule has 0 unspecified atom stereocenters. The SMILES string of the molecule is N#Cc1cnc(C(=O)Nc2ccc(-c3nn[nH]n3)cc2C2=CCCCC2)[nH]1. The topological polar surface area (TPSA) is 136 Å². The molecule has 4 rings (SSSR count). The van der Waals surface area contributed by atoms with Crippen LogP contribution in [0.5, 0.6) is 0 Å². The van der Waals surface area contributed by atoms with Crippen LogP contribution in [0.1, 0.15) is 47.6 Å². The zero-order chi connectivity index (χ0) is 18.6. The summed E-state index contributed by atoms with van der Waals surface area (Å²) in [4.78, 5) is 19.1. The molecule has 1 aliphatic rings. The molecule has 3 aromatic rings. The number of H-pyrrole nitrogens is 2. The zero-order valence-corrected chi connectivity index (χ0v) is 14.4. The molecular formula is C18H16N8O. The Kier molecular flexibility index (Phi) is 4.45. The van der Waals surface area contributed by atoms with Crippen molar-refractivity contribution in [3.05, 3.63) is 47.6 Å². The molecule has 9 nitrogen and oxygen atoms in total. The number of amides is 1. The zero-order valence-electron chi connectivity index (χ0n) is 14.4. The van der Waals surface area contributed by atoms with Crippen molar-refractivity contribution < 1.29 is 4.79 Å². The number of nitrogens with zero attached hydrogens (tertiary/aromatic N) is 5. The average molecular weight is 360 g/mol. The molecule has 2 aromatic heterocycles. The van der Waals surface area contributed by atoms with E-state index in [1.807, 2.05) is 24.3 Å². The van der Waals surface area contributed by atoms with Gasteiger partial charge in [-0.1, -0.05) is 6.08 Å². The molecule has 2 heterocycles. The number of allylic oxidation sites excluding steroid dienone is 2. The van der Waals surface area contributed by atoms with Crippen LogP contribution in [0.25, 0.3) is 17.0 Å². The fraction of sp³-hybridized carbons (Fsp3) is 0.222. The number of tetrazole rings is 1. The smallest absolute Gasteiger partial charge is 0.291 e. The summed E-state index contributed by atoms with van der Waals surface area (Å²) in [6, 6.07) is 7.53. The van der Waals surface area contributed by atoms with Crippen molar-refractivity contribution >= 4 is 17.2 Å². The minimum atomic E-state index is -0.401. The number of hydrogen-bond donors (Lipinski definition) is 3. The summed E-state index contributed by atoms with van der Waals surface area (Å²) in [6.07, 6.45) is 7.76. The maximum atomic E-state index is 12.5.